The Bertz CT molecular complexity index is 545. The van der Waals surface area contributed by atoms with E-state index in [4.69, 9.17) is 4.52 Å². The van der Waals surface area contributed by atoms with Crippen LogP contribution in [0.5, 0.6) is 0 Å². The van der Waals surface area contributed by atoms with E-state index in [1.165, 1.54) is 5.57 Å². The van der Waals surface area contributed by atoms with Gasteiger partial charge in [0.25, 0.3) is 0 Å². The van der Waals surface area contributed by atoms with Crippen molar-refractivity contribution in [2.75, 3.05) is 31.5 Å². The van der Waals surface area contributed by atoms with Crippen LogP contribution in [0, 0.1) is 19.8 Å². The van der Waals surface area contributed by atoms with Gasteiger partial charge in [0.15, 0.2) is 5.76 Å². The number of likely N-dealkylation sites (tertiary alicyclic amines) is 1. The first-order valence-electron chi connectivity index (χ1n) is 8.35. The van der Waals surface area contributed by atoms with Crippen LogP contribution in [0.15, 0.2) is 16.2 Å². The van der Waals surface area contributed by atoms with Gasteiger partial charge >= 0.3 is 6.03 Å². The van der Waals surface area contributed by atoms with Crippen LogP contribution >= 0.6 is 0 Å². The lowest BCUT2D eigenvalue weighted by Crippen LogP contribution is -2.34. The molecule has 0 aromatic carbocycles. The lowest BCUT2D eigenvalue weighted by Gasteiger charge is -2.17. The van der Waals surface area contributed by atoms with E-state index >= 15 is 0 Å². The van der Waals surface area contributed by atoms with E-state index in [0.717, 1.165) is 32.5 Å². The van der Waals surface area contributed by atoms with Crippen LogP contribution in [0.2, 0.25) is 0 Å². The van der Waals surface area contributed by atoms with E-state index < -0.39 is 0 Å². The SMILES string of the molecule is CC/C=C(\C)CN1CCC(CNC(=O)Nc2c(C)noc2C)C1. The molecule has 0 saturated carbocycles. The number of anilines is 1. The van der Waals surface area contributed by atoms with Gasteiger partial charge in [0, 0.05) is 19.6 Å². The maximum atomic E-state index is 12.0. The summed E-state index contributed by atoms with van der Waals surface area (Å²) in [6, 6.07) is -0.195. The molecule has 1 aliphatic rings. The number of hydrogen-bond donors (Lipinski definition) is 2. The molecule has 1 aromatic rings. The standard InChI is InChI=1S/C17H28N4O2/c1-5-6-12(2)10-21-8-7-15(11-21)9-18-17(22)19-16-13(3)20-23-14(16)4/h6,15H,5,7-11H2,1-4H3,(H2,18,19,22)/b12-6+. The number of nitrogens with zero attached hydrogens (tertiary/aromatic N) is 2. The predicted molar refractivity (Wildman–Crippen MR) is 91.6 cm³/mol. The molecule has 6 nitrogen and oxygen atoms in total. The van der Waals surface area contributed by atoms with Crippen LogP contribution in [0.25, 0.3) is 0 Å². The summed E-state index contributed by atoms with van der Waals surface area (Å²) in [5.41, 5.74) is 2.79. The molecule has 2 rings (SSSR count). The average Bonchev–Trinajstić information content (AvgIpc) is 3.07. The van der Waals surface area contributed by atoms with Crippen molar-refractivity contribution in [3.63, 3.8) is 0 Å². The Morgan fingerprint density at radius 2 is 2.26 bits per heavy atom. The van der Waals surface area contributed by atoms with E-state index in [2.05, 4.69) is 40.6 Å². The van der Waals surface area contributed by atoms with Crippen molar-refractivity contribution in [2.24, 2.45) is 5.92 Å². The normalized spacial score (nSPS) is 19.1. The number of hydrogen-bond acceptors (Lipinski definition) is 4. The Morgan fingerprint density at radius 3 is 2.91 bits per heavy atom. The second-order valence-electron chi connectivity index (χ2n) is 6.38. The molecular formula is C17H28N4O2. The van der Waals surface area contributed by atoms with Gasteiger partial charge in [0.1, 0.15) is 11.4 Å². The van der Waals surface area contributed by atoms with Crippen molar-refractivity contribution in [3.8, 4) is 0 Å². The number of urea groups is 1. The molecule has 1 atom stereocenters. The lowest BCUT2D eigenvalue weighted by molar-refractivity contribution is 0.250. The molecule has 1 fully saturated rings. The number of amides is 2. The first kappa shape index (κ1) is 17.5. The number of allylic oxidation sites excluding steroid dienone is 1. The third-order valence-electron chi connectivity index (χ3n) is 4.22. The highest BCUT2D eigenvalue weighted by atomic mass is 16.5. The van der Waals surface area contributed by atoms with Crippen LogP contribution in [-0.4, -0.2) is 42.3 Å². The van der Waals surface area contributed by atoms with Crippen LogP contribution in [0.1, 0.15) is 38.1 Å². The lowest BCUT2D eigenvalue weighted by atomic mass is 10.1. The third kappa shape index (κ3) is 5.10. The minimum absolute atomic E-state index is 0.195. The fourth-order valence-electron chi connectivity index (χ4n) is 3.05. The molecule has 1 unspecified atom stereocenters. The van der Waals surface area contributed by atoms with Gasteiger partial charge in [0.2, 0.25) is 0 Å². The smallest absolute Gasteiger partial charge is 0.319 e. The van der Waals surface area contributed by atoms with Crippen molar-refractivity contribution >= 4 is 11.7 Å². The molecule has 0 spiro atoms. The van der Waals surface area contributed by atoms with Gasteiger partial charge < -0.3 is 15.2 Å². The van der Waals surface area contributed by atoms with Gasteiger partial charge in [-0.3, -0.25) is 4.90 Å². The van der Waals surface area contributed by atoms with Crippen molar-refractivity contribution in [3.05, 3.63) is 23.1 Å². The number of nitrogens with one attached hydrogen (secondary N) is 2. The Labute approximate surface area is 138 Å². The highest BCUT2D eigenvalue weighted by Crippen LogP contribution is 2.19. The molecule has 1 saturated heterocycles. The molecule has 0 radical (unpaired) electrons. The second kappa shape index (κ2) is 8.15. The van der Waals surface area contributed by atoms with Gasteiger partial charge in [-0.1, -0.05) is 23.7 Å². The van der Waals surface area contributed by atoms with Crippen LogP contribution in [-0.2, 0) is 0 Å². The first-order valence-corrected chi connectivity index (χ1v) is 8.35. The molecule has 1 aromatic heterocycles. The Kier molecular flexibility index (Phi) is 6.21. The van der Waals surface area contributed by atoms with Gasteiger partial charge in [-0.05, 0) is 46.1 Å². The average molecular weight is 320 g/mol. The van der Waals surface area contributed by atoms with E-state index in [0.29, 0.717) is 29.6 Å². The largest absolute Gasteiger partial charge is 0.359 e. The molecule has 0 bridgehead atoms. The Hall–Kier alpha value is -1.82. The summed E-state index contributed by atoms with van der Waals surface area (Å²) in [6.45, 7) is 11.8. The Balaban J connectivity index is 1.72. The maximum absolute atomic E-state index is 12.0. The molecule has 0 aliphatic carbocycles. The van der Waals surface area contributed by atoms with E-state index in [-0.39, 0.29) is 6.03 Å². The van der Waals surface area contributed by atoms with Crippen LogP contribution in [0.3, 0.4) is 0 Å². The number of aryl methyl sites for hydroxylation is 2. The molecule has 23 heavy (non-hydrogen) atoms. The zero-order valence-electron chi connectivity index (χ0n) is 14.6. The molecular weight excluding hydrogens is 292 g/mol. The topological polar surface area (TPSA) is 70.4 Å². The van der Waals surface area contributed by atoms with Crippen molar-refractivity contribution < 1.29 is 9.32 Å². The first-order chi connectivity index (χ1) is 11.0. The van der Waals surface area contributed by atoms with Crippen molar-refractivity contribution in [1.82, 2.24) is 15.4 Å². The summed E-state index contributed by atoms with van der Waals surface area (Å²) < 4.78 is 5.04. The number of rotatable bonds is 6. The summed E-state index contributed by atoms with van der Waals surface area (Å²) in [5.74, 6) is 1.14. The van der Waals surface area contributed by atoms with Crippen LogP contribution in [0.4, 0.5) is 10.5 Å². The minimum atomic E-state index is -0.195. The fraction of sp³-hybridized carbons (Fsp3) is 0.647. The number of carbonyl (C=O) groups is 1. The fourth-order valence-corrected chi connectivity index (χ4v) is 3.05. The zero-order chi connectivity index (χ0) is 16.8. The third-order valence-corrected chi connectivity index (χ3v) is 4.22. The molecule has 128 valence electrons. The van der Waals surface area contributed by atoms with Crippen molar-refractivity contribution in [1.29, 1.82) is 0 Å². The minimum Gasteiger partial charge on any atom is -0.359 e. The summed E-state index contributed by atoms with van der Waals surface area (Å²) in [4.78, 5) is 14.5. The number of aromatic nitrogens is 1. The van der Waals surface area contributed by atoms with E-state index in [9.17, 15) is 4.79 Å². The summed E-state index contributed by atoms with van der Waals surface area (Å²) in [6.07, 6.45) is 4.50. The van der Waals surface area contributed by atoms with Gasteiger partial charge in [-0.25, -0.2) is 4.79 Å². The number of carbonyl (C=O) groups excluding carboxylic acids is 1. The molecule has 2 N–H and O–H groups in total. The maximum Gasteiger partial charge on any atom is 0.319 e. The second-order valence-corrected chi connectivity index (χ2v) is 6.38. The predicted octanol–water partition coefficient (Wildman–Crippen LogP) is 3.09. The van der Waals surface area contributed by atoms with E-state index in [1.807, 2.05) is 6.92 Å². The van der Waals surface area contributed by atoms with Crippen LogP contribution < -0.4 is 10.6 Å². The highest BCUT2D eigenvalue weighted by molar-refractivity contribution is 5.90. The van der Waals surface area contributed by atoms with Crippen molar-refractivity contribution in [2.45, 2.75) is 40.5 Å². The van der Waals surface area contributed by atoms with E-state index in [1.54, 1.807) is 6.92 Å². The summed E-state index contributed by atoms with van der Waals surface area (Å²) in [7, 11) is 0. The quantitative estimate of drug-likeness (QED) is 0.790. The molecule has 6 heteroatoms. The molecule has 2 heterocycles. The monoisotopic (exact) mass is 320 g/mol. The van der Waals surface area contributed by atoms with Gasteiger partial charge in [-0.15, -0.1) is 0 Å². The Morgan fingerprint density at radius 1 is 1.48 bits per heavy atom. The molecule has 2 amide bonds. The zero-order valence-corrected chi connectivity index (χ0v) is 14.6. The van der Waals surface area contributed by atoms with Gasteiger partial charge in [0.05, 0.1) is 0 Å². The molecule has 1 aliphatic heterocycles. The highest BCUT2D eigenvalue weighted by Gasteiger charge is 2.23. The summed E-state index contributed by atoms with van der Waals surface area (Å²) >= 11 is 0. The van der Waals surface area contributed by atoms with Gasteiger partial charge in [-0.2, -0.15) is 0 Å². The summed E-state index contributed by atoms with van der Waals surface area (Å²) in [5, 5.41) is 9.60.